The average Bonchev–Trinajstić information content (AvgIpc) is 2.72. The lowest BCUT2D eigenvalue weighted by atomic mass is 9.95. The fourth-order valence-corrected chi connectivity index (χ4v) is 3.14. The zero-order valence-corrected chi connectivity index (χ0v) is 15.3. The number of rotatable bonds is 7. The molecule has 0 unspecified atom stereocenters. The number of hydrogen-bond donors (Lipinski definition) is 3. The highest BCUT2D eigenvalue weighted by Crippen LogP contribution is 2.31. The molecule has 0 aliphatic heterocycles. The van der Waals surface area contributed by atoms with E-state index in [1.165, 1.54) is 18.2 Å². The third-order valence-electron chi connectivity index (χ3n) is 4.56. The number of carbonyl (C=O) groups is 1. The molecule has 2 aromatic rings. The topological polar surface area (TPSA) is 165 Å². The molecular formula is C17H19N7O5. The van der Waals surface area contributed by atoms with Gasteiger partial charge in [-0.05, 0) is 18.9 Å². The molecule has 1 fully saturated rings. The van der Waals surface area contributed by atoms with E-state index in [9.17, 15) is 25.0 Å². The minimum Gasteiger partial charge on any atom is -0.361 e. The molecule has 29 heavy (non-hydrogen) atoms. The molecule has 0 spiro atoms. The molecule has 0 bridgehead atoms. The zero-order valence-electron chi connectivity index (χ0n) is 15.3. The van der Waals surface area contributed by atoms with E-state index in [-0.39, 0.29) is 28.9 Å². The average molecular weight is 401 g/mol. The van der Waals surface area contributed by atoms with Gasteiger partial charge in [-0.3, -0.25) is 35.9 Å². The van der Waals surface area contributed by atoms with Crippen molar-refractivity contribution in [2.75, 3.05) is 10.7 Å². The van der Waals surface area contributed by atoms with Crippen LogP contribution in [0.5, 0.6) is 0 Å². The van der Waals surface area contributed by atoms with Gasteiger partial charge in [0.1, 0.15) is 6.33 Å². The van der Waals surface area contributed by atoms with Gasteiger partial charge in [-0.15, -0.1) is 0 Å². The maximum absolute atomic E-state index is 12.3. The predicted molar refractivity (Wildman–Crippen MR) is 103 cm³/mol. The third-order valence-corrected chi connectivity index (χ3v) is 4.56. The standard InChI is InChI=1S/C17H19N7O5/c25-17(11-5-4-8-13(9-11)23(26)27)22-21-16-14(24(28)29)15(18-10-19-16)20-12-6-2-1-3-7-12/h4-5,8-10,12H,1-3,6-7H2,(H,22,25)(H2,18,19,20,21). The van der Waals surface area contributed by atoms with E-state index in [4.69, 9.17) is 0 Å². The number of nitrogens with one attached hydrogen (secondary N) is 3. The summed E-state index contributed by atoms with van der Waals surface area (Å²) < 4.78 is 0. The van der Waals surface area contributed by atoms with Crippen LogP contribution in [0.2, 0.25) is 0 Å². The smallest absolute Gasteiger partial charge is 0.354 e. The van der Waals surface area contributed by atoms with Crippen molar-refractivity contribution < 1.29 is 14.6 Å². The van der Waals surface area contributed by atoms with Gasteiger partial charge in [-0.25, -0.2) is 9.97 Å². The number of aromatic nitrogens is 2. The number of nitrogens with zero attached hydrogens (tertiary/aromatic N) is 4. The van der Waals surface area contributed by atoms with Gasteiger partial charge in [-0.1, -0.05) is 25.3 Å². The van der Waals surface area contributed by atoms with E-state index in [1.54, 1.807) is 0 Å². The van der Waals surface area contributed by atoms with Crippen LogP contribution >= 0.6 is 0 Å². The Morgan fingerprint density at radius 2 is 1.76 bits per heavy atom. The van der Waals surface area contributed by atoms with Gasteiger partial charge in [0.15, 0.2) is 0 Å². The van der Waals surface area contributed by atoms with Crippen LogP contribution in [0.15, 0.2) is 30.6 Å². The molecule has 1 saturated carbocycles. The molecule has 0 atom stereocenters. The van der Waals surface area contributed by atoms with Crippen molar-refractivity contribution in [3.63, 3.8) is 0 Å². The van der Waals surface area contributed by atoms with Crippen LogP contribution in [0.4, 0.5) is 23.0 Å². The second-order valence-corrected chi connectivity index (χ2v) is 6.54. The number of nitro benzene ring substituents is 1. The summed E-state index contributed by atoms with van der Waals surface area (Å²) in [4.78, 5) is 41.2. The van der Waals surface area contributed by atoms with E-state index in [1.807, 2.05) is 0 Å². The molecule has 1 aliphatic rings. The van der Waals surface area contributed by atoms with Gasteiger partial charge >= 0.3 is 5.69 Å². The number of amides is 1. The largest absolute Gasteiger partial charge is 0.361 e. The lowest BCUT2D eigenvalue weighted by Crippen LogP contribution is -2.30. The van der Waals surface area contributed by atoms with E-state index >= 15 is 0 Å². The number of anilines is 2. The van der Waals surface area contributed by atoms with Gasteiger partial charge < -0.3 is 5.32 Å². The maximum Gasteiger partial charge on any atom is 0.354 e. The predicted octanol–water partition coefficient (Wildman–Crippen LogP) is 2.79. The normalized spacial score (nSPS) is 14.1. The Morgan fingerprint density at radius 3 is 2.45 bits per heavy atom. The molecule has 1 aromatic heterocycles. The zero-order chi connectivity index (χ0) is 20.8. The van der Waals surface area contributed by atoms with Gasteiger partial charge in [0, 0.05) is 23.7 Å². The summed E-state index contributed by atoms with van der Waals surface area (Å²) in [5.74, 6) is -0.825. The number of non-ortho nitro benzene ring substituents is 1. The Kier molecular flexibility index (Phi) is 6.12. The lowest BCUT2D eigenvalue weighted by molar-refractivity contribution is -0.384. The molecule has 1 amide bonds. The quantitative estimate of drug-likeness (QED) is 0.467. The van der Waals surface area contributed by atoms with E-state index in [0.29, 0.717) is 0 Å². The highest BCUT2D eigenvalue weighted by atomic mass is 16.6. The van der Waals surface area contributed by atoms with Crippen LogP contribution in [-0.4, -0.2) is 31.8 Å². The van der Waals surface area contributed by atoms with Crippen LogP contribution in [0.3, 0.4) is 0 Å². The summed E-state index contributed by atoms with van der Waals surface area (Å²) in [5.41, 5.74) is 4.07. The van der Waals surface area contributed by atoms with Crippen LogP contribution in [0.1, 0.15) is 42.5 Å². The molecule has 3 rings (SSSR count). The fourth-order valence-electron chi connectivity index (χ4n) is 3.14. The summed E-state index contributed by atoms with van der Waals surface area (Å²) in [6, 6.07) is 5.19. The minimum atomic E-state index is -0.705. The lowest BCUT2D eigenvalue weighted by Gasteiger charge is -2.23. The first-order valence-corrected chi connectivity index (χ1v) is 9.02. The summed E-state index contributed by atoms with van der Waals surface area (Å²) in [5, 5.41) is 25.5. The van der Waals surface area contributed by atoms with Crippen molar-refractivity contribution in [2.24, 2.45) is 0 Å². The summed E-state index contributed by atoms with van der Waals surface area (Å²) >= 11 is 0. The van der Waals surface area contributed by atoms with Crippen LogP contribution < -0.4 is 16.2 Å². The van der Waals surface area contributed by atoms with Crippen molar-refractivity contribution in [3.8, 4) is 0 Å². The Labute approximate surface area is 165 Å². The molecule has 1 heterocycles. The van der Waals surface area contributed by atoms with Gasteiger partial charge in [0.25, 0.3) is 11.6 Å². The van der Waals surface area contributed by atoms with Crippen molar-refractivity contribution in [2.45, 2.75) is 38.1 Å². The number of nitro groups is 2. The Morgan fingerprint density at radius 1 is 1.03 bits per heavy atom. The van der Waals surface area contributed by atoms with Crippen molar-refractivity contribution in [1.82, 2.24) is 15.4 Å². The second-order valence-electron chi connectivity index (χ2n) is 6.54. The van der Waals surface area contributed by atoms with Crippen molar-refractivity contribution >= 4 is 28.9 Å². The highest BCUT2D eigenvalue weighted by Gasteiger charge is 2.26. The molecule has 12 nitrogen and oxygen atoms in total. The molecule has 0 radical (unpaired) electrons. The van der Waals surface area contributed by atoms with Crippen LogP contribution in [0, 0.1) is 20.2 Å². The summed E-state index contributed by atoms with van der Waals surface area (Å²) in [6.45, 7) is 0. The Hall–Kier alpha value is -3.83. The van der Waals surface area contributed by atoms with Gasteiger partial charge in [-0.2, -0.15) is 0 Å². The molecule has 1 aromatic carbocycles. The van der Waals surface area contributed by atoms with E-state index in [2.05, 4.69) is 26.1 Å². The second kappa shape index (κ2) is 8.91. The third kappa shape index (κ3) is 4.91. The highest BCUT2D eigenvalue weighted by molar-refractivity contribution is 5.95. The summed E-state index contributed by atoms with van der Waals surface area (Å²) in [6.07, 6.45) is 6.17. The van der Waals surface area contributed by atoms with Crippen LogP contribution in [0.25, 0.3) is 0 Å². The maximum atomic E-state index is 12.3. The van der Waals surface area contributed by atoms with Gasteiger partial charge in [0.2, 0.25) is 11.6 Å². The monoisotopic (exact) mass is 401 g/mol. The number of hydrogen-bond acceptors (Lipinski definition) is 9. The summed E-state index contributed by atoms with van der Waals surface area (Å²) in [7, 11) is 0. The van der Waals surface area contributed by atoms with Crippen molar-refractivity contribution in [3.05, 3.63) is 56.4 Å². The Bertz CT molecular complexity index is 930. The Balaban J connectivity index is 1.75. The first kappa shape index (κ1) is 19.9. The van der Waals surface area contributed by atoms with Crippen LogP contribution in [-0.2, 0) is 0 Å². The fraction of sp³-hybridized carbons (Fsp3) is 0.353. The van der Waals surface area contributed by atoms with E-state index in [0.717, 1.165) is 44.5 Å². The first-order valence-electron chi connectivity index (χ1n) is 9.02. The van der Waals surface area contributed by atoms with Gasteiger partial charge in [0.05, 0.1) is 9.85 Å². The molecule has 0 saturated heterocycles. The molecule has 12 heteroatoms. The minimum absolute atomic E-state index is 0.0176. The molecule has 1 aliphatic carbocycles. The number of hydrazine groups is 1. The molecular weight excluding hydrogens is 382 g/mol. The molecule has 152 valence electrons. The first-order chi connectivity index (χ1) is 14.0. The van der Waals surface area contributed by atoms with Crippen molar-refractivity contribution in [1.29, 1.82) is 0 Å². The van der Waals surface area contributed by atoms with E-state index < -0.39 is 21.4 Å². The molecule has 3 N–H and O–H groups in total. The number of carbonyl (C=O) groups excluding carboxylic acids is 1. The number of benzene rings is 1. The SMILES string of the molecule is O=C(NNc1ncnc(NC2CCCCC2)c1[N+](=O)[O-])c1cccc([N+](=O)[O-])c1.